The second-order valence-corrected chi connectivity index (χ2v) is 9.90. The molecule has 144 valence electrons. The van der Waals surface area contributed by atoms with Gasteiger partial charge in [-0.05, 0) is 43.2 Å². The molecule has 3 heterocycles. The van der Waals surface area contributed by atoms with Crippen LogP contribution in [0.15, 0.2) is 24.3 Å². The molecule has 1 aliphatic rings. The highest BCUT2D eigenvalue weighted by Crippen LogP contribution is 2.38. The van der Waals surface area contributed by atoms with Gasteiger partial charge in [0.2, 0.25) is 0 Å². The summed E-state index contributed by atoms with van der Waals surface area (Å²) in [5.74, 6) is 0. The molecule has 28 heavy (non-hydrogen) atoms. The lowest BCUT2D eigenvalue weighted by Crippen LogP contribution is -2.46. The van der Waals surface area contributed by atoms with Crippen LogP contribution < -0.4 is 9.80 Å². The third kappa shape index (κ3) is 3.12. The Labute approximate surface area is 181 Å². The van der Waals surface area contributed by atoms with Gasteiger partial charge in [-0.1, -0.05) is 51.9 Å². The van der Waals surface area contributed by atoms with Gasteiger partial charge in [-0.2, -0.15) is 0 Å². The minimum absolute atomic E-state index is 0.653. The molecule has 8 heteroatoms. The Morgan fingerprint density at radius 1 is 0.821 bits per heavy atom. The van der Waals surface area contributed by atoms with E-state index in [1.165, 1.54) is 15.8 Å². The summed E-state index contributed by atoms with van der Waals surface area (Å²) >= 11 is 16.0. The van der Waals surface area contributed by atoms with Gasteiger partial charge in [0.15, 0.2) is 10.3 Å². The summed E-state index contributed by atoms with van der Waals surface area (Å²) in [6.45, 7) is 7.94. The Balaban J connectivity index is 1.37. The van der Waals surface area contributed by atoms with E-state index in [9.17, 15) is 0 Å². The zero-order valence-corrected chi connectivity index (χ0v) is 18.6. The first-order chi connectivity index (χ1) is 13.5. The van der Waals surface area contributed by atoms with Crippen molar-refractivity contribution in [3.05, 3.63) is 45.4 Å². The maximum Gasteiger partial charge on any atom is 0.186 e. The molecule has 0 saturated carbocycles. The summed E-state index contributed by atoms with van der Waals surface area (Å²) < 4.78 is 2.23. The number of rotatable bonds is 2. The molecule has 0 N–H and O–H groups in total. The molecule has 2 aromatic heterocycles. The monoisotopic (exact) mass is 448 g/mol. The van der Waals surface area contributed by atoms with Crippen LogP contribution in [0.4, 0.5) is 10.3 Å². The first kappa shape index (κ1) is 18.4. The summed E-state index contributed by atoms with van der Waals surface area (Å²) in [7, 11) is 0. The van der Waals surface area contributed by atoms with Crippen LogP contribution in [0, 0.1) is 13.8 Å². The van der Waals surface area contributed by atoms with Crippen molar-refractivity contribution < 1.29 is 0 Å². The largest absolute Gasteiger partial charge is 0.345 e. The molecule has 0 radical (unpaired) electrons. The fourth-order valence-corrected chi connectivity index (χ4v) is 6.42. The van der Waals surface area contributed by atoms with Gasteiger partial charge in [0.1, 0.15) is 5.52 Å². The Hall–Kier alpha value is -1.60. The van der Waals surface area contributed by atoms with E-state index in [1.807, 2.05) is 12.1 Å². The predicted molar refractivity (Wildman–Crippen MR) is 123 cm³/mol. The van der Waals surface area contributed by atoms with Crippen LogP contribution in [0.5, 0.6) is 0 Å². The molecular weight excluding hydrogens is 431 g/mol. The van der Waals surface area contributed by atoms with Gasteiger partial charge in [-0.25, -0.2) is 9.97 Å². The summed E-state index contributed by atoms with van der Waals surface area (Å²) in [5.41, 5.74) is 4.47. The quantitative estimate of drug-likeness (QED) is 0.367. The summed E-state index contributed by atoms with van der Waals surface area (Å²) in [4.78, 5) is 14.4. The average Bonchev–Trinajstić information content (AvgIpc) is 3.30. The van der Waals surface area contributed by atoms with E-state index in [2.05, 4.69) is 35.8 Å². The van der Waals surface area contributed by atoms with Crippen LogP contribution in [0.2, 0.25) is 10.0 Å². The standard InChI is InChI=1S/C20H18Cl2N4S2/c1-11-9-12(2)16-15(10-11)27-19(23-16)25-5-7-26(8-6-25)20-24-17-13(21)3-4-14(22)18(17)28-20/h3-4,9-10H,5-8H2,1-2H3. The molecule has 0 atom stereocenters. The number of halogens is 2. The number of fused-ring (bicyclic) bond motifs is 2. The van der Waals surface area contributed by atoms with Crippen molar-refractivity contribution in [2.24, 2.45) is 0 Å². The predicted octanol–water partition coefficient (Wildman–Crippen LogP) is 6.16. The number of hydrogen-bond acceptors (Lipinski definition) is 6. The van der Waals surface area contributed by atoms with Gasteiger partial charge >= 0.3 is 0 Å². The molecular formula is C20H18Cl2N4S2. The fraction of sp³-hybridized carbons (Fsp3) is 0.300. The van der Waals surface area contributed by atoms with Crippen molar-refractivity contribution in [1.82, 2.24) is 9.97 Å². The Bertz CT molecular complexity index is 1150. The SMILES string of the molecule is Cc1cc(C)c2nc(N3CCN(c4nc5c(Cl)ccc(Cl)c5s4)CC3)sc2c1. The summed E-state index contributed by atoms with van der Waals surface area (Å²) in [6.07, 6.45) is 0. The van der Waals surface area contributed by atoms with E-state index in [1.54, 1.807) is 22.7 Å². The molecule has 4 aromatic rings. The molecule has 0 amide bonds. The van der Waals surface area contributed by atoms with Crippen LogP contribution in [0.25, 0.3) is 20.4 Å². The summed E-state index contributed by atoms with van der Waals surface area (Å²) in [6, 6.07) is 8.08. The zero-order valence-electron chi connectivity index (χ0n) is 15.5. The van der Waals surface area contributed by atoms with Crippen molar-refractivity contribution in [2.45, 2.75) is 13.8 Å². The highest BCUT2D eigenvalue weighted by molar-refractivity contribution is 7.23. The molecule has 0 aliphatic carbocycles. The summed E-state index contributed by atoms with van der Waals surface area (Å²) in [5, 5.41) is 3.46. The van der Waals surface area contributed by atoms with Crippen molar-refractivity contribution in [3.8, 4) is 0 Å². The van der Waals surface area contributed by atoms with Crippen molar-refractivity contribution in [3.63, 3.8) is 0 Å². The third-order valence-electron chi connectivity index (χ3n) is 5.07. The van der Waals surface area contributed by atoms with Crippen LogP contribution in [-0.2, 0) is 0 Å². The highest BCUT2D eigenvalue weighted by atomic mass is 35.5. The van der Waals surface area contributed by atoms with Crippen LogP contribution in [-0.4, -0.2) is 36.1 Å². The molecule has 0 unspecified atom stereocenters. The average molecular weight is 449 g/mol. The zero-order chi connectivity index (χ0) is 19.4. The molecule has 2 aromatic carbocycles. The first-order valence-electron chi connectivity index (χ1n) is 9.12. The Morgan fingerprint density at radius 2 is 1.43 bits per heavy atom. The first-order valence-corrected chi connectivity index (χ1v) is 11.5. The number of benzene rings is 2. The van der Waals surface area contributed by atoms with Gasteiger partial charge < -0.3 is 9.80 Å². The number of nitrogens with zero attached hydrogens (tertiary/aromatic N) is 4. The van der Waals surface area contributed by atoms with Gasteiger partial charge in [0.05, 0.1) is 25.0 Å². The second-order valence-electron chi connectivity index (χ2n) is 7.10. The van der Waals surface area contributed by atoms with Gasteiger partial charge in [0, 0.05) is 26.2 Å². The highest BCUT2D eigenvalue weighted by Gasteiger charge is 2.23. The maximum atomic E-state index is 6.33. The lowest BCUT2D eigenvalue weighted by Gasteiger charge is -2.34. The van der Waals surface area contributed by atoms with E-state index >= 15 is 0 Å². The number of piperazine rings is 1. The topological polar surface area (TPSA) is 32.3 Å². The van der Waals surface area contributed by atoms with E-state index < -0.39 is 0 Å². The fourth-order valence-electron chi connectivity index (χ4n) is 3.65. The van der Waals surface area contributed by atoms with Gasteiger partial charge in [-0.3, -0.25) is 0 Å². The maximum absolute atomic E-state index is 6.33. The van der Waals surface area contributed by atoms with Gasteiger partial charge in [0.25, 0.3) is 0 Å². The molecule has 0 spiro atoms. The molecule has 1 fully saturated rings. The minimum atomic E-state index is 0.653. The second kappa shape index (κ2) is 7.02. The van der Waals surface area contributed by atoms with E-state index in [0.29, 0.717) is 10.0 Å². The van der Waals surface area contributed by atoms with Gasteiger partial charge in [-0.15, -0.1) is 0 Å². The minimum Gasteiger partial charge on any atom is -0.345 e. The van der Waals surface area contributed by atoms with E-state index in [-0.39, 0.29) is 0 Å². The molecule has 4 nitrogen and oxygen atoms in total. The molecule has 5 rings (SSSR count). The lowest BCUT2D eigenvalue weighted by atomic mass is 10.1. The molecule has 1 aliphatic heterocycles. The molecule has 1 saturated heterocycles. The number of aryl methyl sites for hydroxylation is 2. The van der Waals surface area contributed by atoms with Crippen molar-refractivity contribution in [2.75, 3.05) is 36.0 Å². The smallest absolute Gasteiger partial charge is 0.186 e. The normalized spacial score (nSPS) is 15.1. The van der Waals surface area contributed by atoms with E-state index in [4.69, 9.17) is 33.2 Å². The number of thiazole rings is 2. The van der Waals surface area contributed by atoms with E-state index in [0.717, 1.165) is 52.2 Å². The van der Waals surface area contributed by atoms with Crippen molar-refractivity contribution >= 4 is 76.6 Å². The Kier molecular flexibility index (Phi) is 4.62. The van der Waals surface area contributed by atoms with Crippen molar-refractivity contribution in [1.29, 1.82) is 0 Å². The van der Waals surface area contributed by atoms with Crippen LogP contribution >= 0.6 is 45.9 Å². The Morgan fingerprint density at radius 3 is 2.11 bits per heavy atom. The third-order valence-corrected chi connectivity index (χ3v) is 8.02. The lowest BCUT2D eigenvalue weighted by molar-refractivity contribution is 0.651. The number of hydrogen-bond donors (Lipinski definition) is 0. The van der Waals surface area contributed by atoms with Crippen LogP contribution in [0.3, 0.4) is 0 Å². The van der Waals surface area contributed by atoms with Crippen LogP contribution in [0.1, 0.15) is 11.1 Å². The number of aromatic nitrogens is 2. The number of anilines is 2. The molecule has 0 bridgehead atoms.